The highest BCUT2D eigenvalue weighted by Gasteiger charge is 2.22. The maximum atomic E-state index is 12.1. The molecule has 0 spiro atoms. The summed E-state index contributed by atoms with van der Waals surface area (Å²) in [6, 6.07) is 5.65. The van der Waals surface area contributed by atoms with E-state index in [1.165, 1.54) is 24.6 Å². The number of hydrogen-bond donors (Lipinski definition) is 1. The number of furan rings is 1. The first-order valence-electron chi connectivity index (χ1n) is 9.91. The van der Waals surface area contributed by atoms with Crippen molar-refractivity contribution in [3.05, 3.63) is 35.4 Å². The zero-order valence-electron chi connectivity index (χ0n) is 16.1. The van der Waals surface area contributed by atoms with Crippen LogP contribution in [0.25, 0.3) is 0 Å². The number of carbonyl (C=O) groups excluding carboxylic acids is 1. The molecule has 2 aromatic rings. The van der Waals surface area contributed by atoms with E-state index in [-0.39, 0.29) is 5.91 Å². The van der Waals surface area contributed by atoms with Gasteiger partial charge in [0.2, 0.25) is 0 Å². The Balaban J connectivity index is 1.37. The van der Waals surface area contributed by atoms with Crippen molar-refractivity contribution in [2.24, 2.45) is 5.92 Å². The zero-order chi connectivity index (χ0) is 19.3. The Morgan fingerprint density at radius 3 is 2.86 bits per heavy atom. The highest BCUT2D eigenvalue weighted by Crippen LogP contribution is 2.28. The molecule has 7 nitrogen and oxygen atoms in total. The molecule has 0 aromatic carbocycles. The molecule has 1 N–H and O–H groups in total. The fourth-order valence-electron chi connectivity index (χ4n) is 3.02. The van der Waals surface area contributed by atoms with Crippen LogP contribution in [0.4, 0.5) is 5.82 Å². The maximum absolute atomic E-state index is 12.1. The van der Waals surface area contributed by atoms with Crippen molar-refractivity contribution < 1.29 is 13.9 Å². The third-order valence-electron chi connectivity index (χ3n) is 4.92. The fraction of sp³-hybridized carbons (Fsp3) is 0.550. The number of thioether (sulfide) groups is 1. The van der Waals surface area contributed by atoms with Gasteiger partial charge < -0.3 is 19.4 Å². The molecule has 0 unspecified atom stereocenters. The average molecular weight is 403 g/mol. The van der Waals surface area contributed by atoms with E-state index in [9.17, 15) is 4.79 Å². The van der Waals surface area contributed by atoms with Crippen molar-refractivity contribution in [1.29, 1.82) is 0 Å². The van der Waals surface area contributed by atoms with Crippen LogP contribution in [-0.4, -0.2) is 48.7 Å². The third-order valence-corrected chi connectivity index (χ3v) is 5.79. The highest BCUT2D eigenvalue weighted by molar-refractivity contribution is 7.98. The van der Waals surface area contributed by atoms with Crippen LogP contribution in [0.5, 0.6) is 0 Å². The molecule has 0 atom stereocenters. The van der Waals surface area contributed by atoms with Crippen molar-refractivity contribution in [3.8, 4) is 0 Å². The number of nitrogens with one attached hydrogen (secondary N) is 1. The molecule has 150 valence electrons. The molecule has 8 heteroatoms. The SMILES string of the molecule is CCc1cc(N2CCOCC2)nc(SCc2ccc(C(=O)NCC3CC3)o2)n1. The van der Waals surface area contributed by atoms with Crippen LogP contribution in [0.3, 0.4) is 0 Å². The van der Waals surface area contributed by atoms with Crippen LogP contribution in [0.1, 0.15) is 41.8 Å². The first-order chi connectivity index (χ1) is 13.7. The number of ether oxygens (including phenoxy) is 1. The molecule has 28 heavy (non-hydrogen) atoms. The molecular formula is C20H26N4O3S. The van der Waals surface area contributed by atoms with Crippen molar-refractivity contribution >= 4 is 23.5 Å². The Bertz CT molecular complexity index is 816. The number of morpholine rings is 1. The first kappa shape index (κ1) is 19.3. The second-order valence-electron chi connectivity index (χ2n) is 7.16. The van der Waals surface area contributed by atoms with Gasteiger partial charge in [0, 0.05) is 31.4 Å². The van der Waals surface area contributed by atoms with E-state index in [4.69, 9.17) is 14.1 Å². The van der Waals surface area contributed by atoms with Gasteiger partial charge >= 0.3 is 0 Å². The second kappa shape index (κ2) is 8.96. The lowest BCUT2D eigenvalue weighted by molar-refractivity contribution is 0.0922. The van der Waals surface area contributed by atoms with Crippen LogP contribution in [-0.2, 0) is 16.9 Å². The van der Waals surface area contributed by atoms with Gasteiger partial charge in [0.25, 0.3) is 5.91 Å². The monoisotopic (exact) mass is 402 g/mol. The van der Waals surface area contributed by atoms with Gasteiger partial charge in [0.15, 0.2) is 10.9 Å². The molecule has 0 radical (unpaired) electrons. The second-order valence-corrected chi connectivity index (χ2v) is 8.10. The van der Waals surface area contributed by atoms with E-state index in [0.717, 1.165) is 61.7 Å². The van der Waals surface area contributed by atoms with E-state index in [1.807, 2.05) is 6.07 Å². The number of carbonyl (C=O) groups is 1. The van der Waals surface area contributed by atoms with E-state index in [1.54, 1.807) is 6.07 Å². The lowest BCUT2D eigenvalue weighted by atomic mass is 10.3. The average Bonchev–Trinajstić information content (AvgIpc) is 3.46. The first-order valence-corrected chi connectivity index (χ1v) is 10.9. The number of hydrogen-bond acceptors (Lipinski definition) is 7. The number of amides is 1. The van der Waals surface area contributed by atoms with Gasteiger partial charge in [-0.15, -0.1) is 0 Å². The van der Waals surface area contributed by atoms with Gasteiger partial charge in [-0.25, -0.2) is 9.97 Å². The molecule has 1 saturated carbocycles. The zero-order valence-corrected chi connectivity index (χ0v) is 17.0. The van der Waals surface area contributed by atoms with Crippen LogP contribution in [0.15, 0.2) is 27.8 Å². The van der Waals surface area contributed by atoms with E-state index < -0.39 is 0 Å². The number of rotatable bonds is 8. The summed E-state index contributed by atoms with van der Waals surface area (Å²) in [5.41, 5.74) is 1.03. The molecule has 2 aliphatic rings. The van der Waals surface area contributed by atoms with Crippen LogP contribution in [0, 0.1) is 5.92 Å². The molecule has 2 aromatic heterocycles. The van der Waals surface area contributed by atoms with Crippen molar-refractivity contribution in [1.82, 2.24) is 15.3 Å². The molecule has 1 saturated heterocycles. The normalized spacial score (nSPS) is 17.0. The third kappa shape index (κ3) is 5.05. The molecule has 1 aliphatic heterocycles. The largest absolute Gasteiger partial charge is 0.455 e. The summed E-state index contributed by atoms with van der Waals surface area (Å²) in [6.07, 6.45) is 3.28. The molecule has 0 bridgehead atoms. The van der Waals surface area contributed by atoms with Gasteiger partial charge in [-0.05, 0) is 37.3 Å². The van der Waals surface area contributed by atoms with E-state index in [0.29, 0.717) is 17.4 Å². The Morgan fingerprint density at radius 2 is 2.11 bits per heavy atom. The van der Waals surface area contributed by atoms with Gasteiger partial charge in [-0.1, -0.05) is 18.7 Å². The molecule has 2 fully saturated rings. The molecule has 3 heterocycles. The standard InChI is InChI=1S/C20H26N4O3S/c1-2-15-11-18(24-7-9-26-10-8-24)23-20(22-15)28-13-16-5-6-17(27-16)19(25)21-12-14-3-4-14/h5-6,11,14H,2-4,7-10,12-13H2,1H3,(H,21,25). The predicted octanol–water partition coefficient (Wildman–Crippen LogP) is 2.90. The number of aryl methyl sites for hydroxylation is 1. The topological polar surface area (TPSA) is 80.5 Å². The van der Waals surface area contributed by atoms with E-state index >= 15 is 0 Å². The summed E-state index contributed by atoms with van der Waals surface area (Å²) in [5, 5.41) is 3.66. The van der Waals surface area contributed by atoms with Gasteiger partial charge in [-0.3, -0.25) is 4.79 Å². The lowest BCUT2D eigenvalue weighted by Gasteiger charge is -2.28. The van der Waals surface area contributed by atoms with Crippen LogP contribution >= 0.6 is 11.8 Å². The van der Waals surface area contributed by atoms with Crippen molar-refractivity contribution in [2.75, 3.05) is 37.7 Å². The maximum Gasteiger partial charge on any atom is 0.287 e. The summed E-state index contributed by atoms with van der Waals surface area (Å²) >= 11 is 1.53. The van der Waals surface area contributed by atoms with Crippen LogP contribution < -0.4 is 10.2 Å². The summed E-state index contributed by atoms with van der Waals surface area (Å²) in [5.74, 6) is 3.18. The van der Waals surface area contributed by atoms with Crippen LogP contribution in [0.2, 0.25) is 0 Å². The molecule has 1 aliphatic carbocycles. The van der Waals surface area contributed by atoms with Gasteiger partial charge in [0.05, 0.1) is 19.0 Å². The minimum atomic E-state index is -0.137. The Morgan fingerprint density at radius 1 is 1.29 bits per heavy atom. The quantitative estimate of drug-likeness (QED) is 0.537. The summed E-state index contributed by atoms with van der Waals surface area (Å²) < 4.78 is 11.1. The van der Waals surface area contributed by atoms with Crippen molar-refractivity contribution in [3.63, 3.8) is 0 Å². The molecular weight excluding hydrogens is 376 g/mol. The Labute approximate surface area is 169 Å². The lowest BCUT2D eigenvalue weighted by Crippen LogP contribution is -2.37. The number of aromatic nitrogens is 2. The molecule has 4 rings (SSSR count). The smallest absolute Gasteiger partial charge is 0.287 e. The van der Waals surface area contributed by atoms with Gasteiger partial charge in [-0.2, -0.15) is 0 Å². The summed E-state index contributed by atoms with van der Waals surface area (Å²) in [7, 11) is 0. The minimum Gasteiger partial charge on any atom is -0.455 e. The predicted molar refractivity (Wildman–Crippen MR) is 108 cm³/mol. The summed E-state index contributed by atoms with van der Waals surface area (Å²) in [4.78, 5) is 23.7. The minimum absolute atomic E-state index is 0.137. The Kier molecular flexibility index (Phi) is 6.17. The highest BCUT2D eigenvalue weighted by atomic mass is 32.2. The summed E-state index contributed by atoms with van der Waals surface area (Å²) in [6.45, 7) is 5.99. The van der Waals surface area contributed by atoms with Gasteiger partial charge in [0.1, 0.15) is 11.6 Å². The Hall–Kier alpha value is -2.06. The van der Waals surface area contributed by atoms with Crippen molar-refractivity contribution in [2.45, 2.75) is 37.1 Å². The molecule has 1 amide bonds. The number of nitrogens with zero attached hydrogens (tertiary/aromatic N) is 3. The van der Waals surface area contributed by atoms with E-state index in [2.05, 4.69) is 28.2 Å². The number of anilines is 1. The fourth-order valence-corrected chi connectivity index (χ4v) is 3.79.